The smallest absolute Gasteiger partial charge is 0.293 e. The van der Waals surface area contributed by atoms with Gasteiger partial charge in [0.2, 0.25) is 0 Å². The first kappa shape index (κ1) is 18.1. The van der Waals surface area contributed by atoms with Crippen LogP contribution in [0.15, 0.2) is 30.3 Å². The molecule has 130 valence electrons. The number of alkyl halides is 5. The van der Waals surface area contributed by atoms with Crippen LogP contribution in [0.1, 0.15) is 12.0 Å². The number of nitrogens with zero attached hydrogens (tertiary/aromatic N) is 1. The lowest BCUT2D eigenvalue weighted by Gasteiger charge is -2.37. The maximum absolute atomic E-state index is 13.9. The SMILES string of the molecule is O=S(=O)(O[C@@H]1CCN(Cc2ccccc2)CC1(F)F)C(F)(F)F. The number of hydrogen-bond acceptors (Lipinski definition) is 4. The lowest BCUT2D eigenvalue weighted by Crippen LogP contribution is -2.53. The lowest BCUT2D eigenvalue weighted by molar-refractivity contribution is -0.146. The molecule has 0 radical (unpaired) electrons. The Morgan fingerprint density at radius 3 is 2.35 bits per heavy atom. The molecule has 0 aromatic heterocycles. The summed E-state index contributed by atoms with van der Waals surface area (Å²) in [6.07, 6.45) is -2.84. The second kappa shape index (κ2) is 6.33. The normalized spacial score (nSPS) is 22.9. The predicted octanol–water partition coefficient (Wildman–Crippen LogP) is 2.76. The summed E-state index contributed by atoms with van der Waals surface area (Å²) in [4.78, 5) is 1.34. The van der Waals surface area contributed by atoms with E-state index in [-0.39, 0.29) is 13.1 Å². The molecule has 4 nitrogen and oxygen atoms in total. The maximum atomic E-state index is 13.9. The number of hydrogen-bond donors (Lipinski definition) is 0. The van der Waals surface area contributed by atoms with Gasteiger partial charge in [-0.1, -0.05) is 30.3 Å². The van der Waals surface area contributed by atoms with Gasteiger partial charge in [-0.25, -0.2) is 8.78 Å². The first-order valence-electron chi connectivity index (χ1n) is 6.65. The van der Waals surface area contributed by atoms with E-state index < -0.39 is 40.6 Å². The van der Waals surface area contributed by atoms with E-state index >= 15 is 0 Å². The average Bonchev–Trinajstić information content (AvgIpc) is 2.41. The van der Waals surface area contributed by atoms with E-state index in [9.17, 15) is 30.4 Å². The molecule has 1 aliphatic rings. The third-order valence-corrected chi connectivity index (χ3v) is 4.44. The summed E-state index contributed by atoms with van der Waals surface area (Å²) >= 11 is 0. The maximum Gasteiger partial charge on any atom is 0.523 e. The number of halogens is 5. The molecule has 1 aromatic carbocycles. The van der Waals surface area contributed by atoms with Crippen LogP contribution in [0.5, 0.6) is 0 Å². The zero-order valence-electron chi connectivity index (χ0n) is 11.8. The summed E-state index contributed by atoms with van der Waals surface area (Å²) in [5.41, 5.74) is -4.95. The fourth-order valence-electron chi connectivity index (χ4n) is 2.29. The first-order chi connectivity index (χ1) is 10.5. The molecule has 1 saturated heterocycles. The van der Waals surface area contributed by atoms with Crippen molar-refractivity contribution in [2.24, 2.45) is 0 Å². The molecule has 1 heterocycles. The van der Waals surface area contributed by atoms with Crippen LogP contribution < -0.4 is 0 Å². The van der Waals surface area contributed by atoms with Gasteiger partial charge < -0.3 is 0 Å². The van der Waals surface area contributed by atoms with Crippen molar-refractivity contribution in [1.29, 1.82) is 0 Å². The van der Waals surface area contributed by atoms with Crippen LogP contribution in [0.4, 0.5) is 22.0 Å². The van der Waals surface area contributed by atoms with Crippen LogP contribution in [0.3, 0.4) is 0 Å². The molecule has 1 fully saturated rings. The Labute approximate surface area is 130 Å². The van der Waals surface area contributed by atoms with Crippen molar-refractivity contribution in [3.63, 3.8) is 0 Å². The number of piperidine rings is 1. The van der Waals surface area contributed by atoms with Crippen LogP contribution in [-0.4, -0.2) is 43.9 Å². The predicted molar refractivity (Wildman–Crippen MR) is 71.1 cm³/mol. The summed E-state index contributed by atoms with van der Waals surface area (Å²) < 4.78 is 90.1. The summed E-state index contributed by atoms with van der Waals surface area (Å²) in [6.45, 7) is -0.683. The molecule has 0 amide bonds. The van der Waals surface area contributed by atoms with E-state index in [0.717, 1.165) is 5.56 Å². The molecular formula is C13H14F5NO3S. The van der Waals surface area contributed by atoms with Gasteiger partial charge in [-0.05, 0) is 12.0 Å². The van der Waals surface area contributed by atoms with Gasteiger partial charge in [0.1, 0.15) is 6.10 Å². The number of rotatable bonds is 4. The molecule has 1 atom stereocenters. The molecule has 23 heavy (non-hydrogen) atoms. The molecule has 0 aliphatic carbocycles. The van der Waals surface area contributed by atoms with Crippen LogP contribution in [0, 0.1) is 0 Å². The van der Waals surface area contributed by atoms with Crippen LogP contribution in [0.2, 0.25) is 0 Å². The van der Waals surface area contributed by atoms with Gasteiger partial charge >= 0.3 is 15.6 Å². The molecule has 2 rings (SSSR count). The lowest BCUT2D eigenvalue weighted by atomic mass is 10.0. The van der Waals surface area contributed by atoms with E-state index in [1.54, 1.807) is 30.3 Å². The Morgan fingerprint density at radius 1 is 1.22 bits per heavy atom. The fraction of sp³-hybridized carbons (Fsp3) is 0.538. The van der Waals surface area contributed by atoms with Gasteiger partial charge in [0.05, 0.1) is 6.54 Å². The van der Waals surface area contributed by atoms with Gasteiger partial charge in [0.25, 0.3) is 5.92 Å². The molecule has 1 aromatic rings. The van der Waals surface area contributed by atoms with Gasteiger partial charge in [0.15, 0.2) is 0 Å². The average molecular weight is 359 g/mol. The highest BCUT2D eigenvalue weighted by Crippen LogP contribution is 2.35. The minimum atomic E-state index is -6.04. The highest BCUT2D eigenvalue weighted by molar-refractivity contribution is 7.87. The van der Waals surface area contributed by atoms with Gasteiger partial charge in [-0.2, -0.15) is 21.6 Å². The Kier molecular flexibility index (Phi) is 4.97. The monoisotopic (exact) mass is 359 g/mol. The Bertz CT molecular complexity index is 633. The van der Waals surface area contributed by atoms with Crippen molar-refractivity contribution in [1.82, 2.24) is 4.90 Å². The second-order valence-corrected chi connectivity index (χ2v) is 6.79. The minimum absolute atomic E-state index is 0.00251. The zero-order chi connectivity index (χ0) is 17.3. The van der Waals surface area contributed by atoms with Crippen molar-refractivity contribution >= 4 is 10.1 Å². The van der Waals surface area contributed by atoms with Crippen molar-refractivity contribution in [2.45, 2.75) is 30.5 Å². The van der Waals surface area contributed by atoms with Crippen LogP contribution in [0.25, 0.3) is 0 Å². The van der Waals surface area contributed by atoms with E-state index in [0.29, 0.717) is 0 Å². The van der Waals surface area contributed by atoms with Crippen molar-refractivity contribution in [2.75, 3.05) is 13.1 Å². The number of likely N-dealkylation sites (tertiary alicyclic amines) is 1. The van der Waals surface area contributed by atoms with E-state index in [2.05, 4.69) is 4.18 Å². The minimum Gasteiger partial charge on any atom is -0.293 e. The largest absolute Gasteiger partial charge is 0.523 e. The quantitative estimate of drug-likeness (QED) is 0.471. The van der Waals surface area contributed by atoms with E-state index in [1.807, 2.05) is 0 Å². The van der Waals surface area contributed by atoms with Gasteiger partial charge in [0, 0.05) is 13.1 Å². The second-order valence-electron chi connectivity index (χ2n) is 5.23. The highest BCUT2D eigenvalue weighted by Gasteiger charge is 2.54. The molecule has 0 spiro atoms. The van der Waals surface area contributed by atoms with Gasteiger partial charge in [-0.3, -0.25) is 9.08 Å². The number of benzene rings is 1. The van der Waals surface area contributed by atoms with E-state index in [1.165, 1.54) is 4.90 Å². The van der Waals surface area contributed by atoms with Gasteiger partial charge in [-0.15, -0.1) is 0 Å². The molecular weight excluding hydrogens is 345 g/mol. The summed E-state index contributed by atoms with van der Waals surface area (Å²) in [6, 6.07) is 8.70. The topological polar surface area (TPSA) is 46.6 Å². The van der Waals surface area contributed by atoms with Crippen LogP contribution >= 0.6 is 0 Å². The van der Waals surface area contributed by atoms with Crippen molar-refractivity contribution < 1.29 is 34.6 Å². The standard InChI is InChI=1S/C13H14F5NO3S/c14-12(15)9-19(8-10-4-2-1-3-5-10)7-6-11(12)22-23(20,21)13(16,17)18/h1-5,11H,6-9H2/t11-/m1/s1. The molecule has 0 N–H and O–H groups in total. The molecule has 10 heteroatoms. The van der Waals surface area contributed by atoms with Crippen molar-refractivity contribution in [3.05, 3.63) is 35.9 Å². The summed E-state index contributed by atoms with van der Waals surface area (Å²) in [7, 11) is -6.04. The Hall–Kier alpha value is -1.26. The molecule has 0 unspecified atom stereocenters. The molecule has 0 bridgehead atoms. The summed E-state index contributed by atoms with van der Waals surface area (Å²) in [5, 5.41) is 0. The Balaban J connectivity index is 2.03. The fourth-order valence-corrected chi connectivity index (χ4v) is 2.94. The Morgan fingerprint density at radius 2 is 1.83 bits per heavy atom. The van der Waals surface area contributed by atoms with Crippen LogP contribution in [-0.2, 0) is 20.8 Å². The van der Waals surface area contributed by atoms with E-state index in [4.69, 9.17) is 0 Å². The zero-order valence-corrected chi connectivity index (χ0v) is 12.6. The van der Waals surface area contributed by atoms with Crippen molar-refractivity contribution in [3.8, 4) is 0 Å². The summed E-state index contributed by atoms with van der Waals surface area (Å²) in [5.74, 6) is -3.70. The highest BCUT2D eigenvalue weighted by atomic mass is 32.2. The third kappa shape index (κ3) is 4.39. The third-order valence-electron chi connectivity index (χ3n) is 3.39. The molecule has 1 aliphatic heterocycles. The first-order valence-corrected chi connectivity index (χ1v) is 8.06. The molecule has 0 saturated carbocycles.